The zero-order valence-corrected chi connectivity index (χ0v) is 10.8. The van der Waals surface area contributed by atoms with Gasteiger partial charge in [0.05, 0.1) is 12.0 Å². The van der Waals surface area contributed by atoms with Crippen LogP contribution in [0.2, 0.25) is 0 Å². The van der Waals surface area contributed by atoms with Gasteiger partial charge in [-0.05, 0) is 37.1 Å². The van der Waals surface area contributed by atoms with Crippen molar-refractivity contribution in [1.82, 2.24) is 4.98 Å². The average Bonchev–Trinajstić information content (AvgIpc) is 2.97. The molecule has 1 aromatic heterocycles. The molecular weight excluding hydrogens is 240 g/mol. The molecule has 1 heterocycles. The van der Waals surface area contributed by atoms with Crippen molar-refractivity contribution in [2.75, 3.05) is 5.32 Å². The van der Waals surface area contributed by atoms with E-state index in [1.165, 1.54) is 0 Å². The molecule has 3 N–H and O–H groups in total. The van der Waals surface area contributed by atoms with Gasteiger partial charge in [0, 0.05) is 22.8 Å². The molecule has 4 heteroatoms. The Labute approximate surface area is 111 Å². The maximum absolute atomic E-state index is 12.0. The standard InChI is InChI=1S/C15H18N2O2/c18-14(10-15(19)6-1-2-7-15)17-12-3-4-13-11(9-12)5-8-16-13/h3-5,8-9,16,19H,1-2,6-7,10H2,(H,17,18). The van der Waals surface area contributed by atoms with Crippen LogP contribution in [0.25, 0.3) is 10.9 Å². The van der Waals surface area contributed by atoms with Crippen molar-refractivity contribution in [2.24, 2.45) is 0 Å². The first kappa shape index (κ1) is 12.2. The van der Waals surface area contributed by atoms with Crippen LogP contribution < -0.4 is 5.32 Å². The van der Waals surface area contributed by atoms with E-state index in [0.29, 0.717) is 0 Å². The summed E-state index contributed by atoms with van der Waals surface area (Å²) in [4.78, 5) is 15.1. The van der Waals surface area contributed by atoms with E-state index < -0.39 is 5.60 Å². The number of aromatic nitrogens is 1. The SMILES string of the molecule is O=C(CC1(O)CCCC1)Nc1ccc2[nH]ccc2c1. The maximum atomic E-state index is 12.0. The summed E-state index contributed by atoms with van der Waals surface area (Å²) in [5.41, 5.74) is 1.04. The van der Waals surface area contributed by atoms with Gasteiger partial charge in [-0.2, -0.15) is 0 Å². The minimum Gasteiger partial charge on any atom is -0.389 e. The number of aromatic amines is 1. The first-order valence-corrected chi connectivity index (χ1v) is 6.74. The molecular formula is C15H18N2O2. The van der Waals surface area contributed by atoms with Crippen LogP contribution in [-0.4, -0.2) is 21.6 Å². The van der Waals surface area contributed by atoms with E-state index >= 15 is 0 Å². The Kier molecular flexibility index (Phi) is 3.03. The van der Waals surface area contributed by atoms with Crippen LogP contribution in [-0.2, 0) is 4.79 Å². The summed E-state index contributed by atoms with van der Waals surface area (Å²) < 4.78 is 0. The van der Waals surface area contributed by atoms with E-state index in [-0.39, 0.29) is 12.3 Å². The van der Waals surface area contributed by atoms with E-state index in [0.717, 1.165) is 42.3 Å². The van der Waals surface area contributed by atoms with Crippen molar-refractivity contribution in [3.63, 3.8) is 0 Å². The van der Waals surface area contributed by atoms with Crippen molar-refractivity contribution in [3.05, 3.63) is 30.5 Å². The van der Waals surface area contributed by atoms with Crippen molar-refractivity contribution in [1.29, 1.82) is 0 Å². The first-order valence-electron chi connectivity index (χ1n) is 6.74. The average molecular weight is 258 g/mol. The maximum Gasteiger partial charge on any atom is 0.227 e. The minimum absolute atomic E-state index is 0.112. The summed E-state index contributed by atoms with van der Waals surface area (Å²) in [5, 5.41) is 14.1. The third-order valence-electron chi connectivity index (χ3n) is 3.86. The number of hydrogen-bond donors (Lipinski definition) is 3. The van der Waals surface area contributed by atoms with E-state index in [1.807, 2.05) is 30.5 Å². The monoisotopic (exact) mass is 258 g/mol. The van der Waals surface area contributed by atoms with Crippen molar-refractivity contribution >= 4 is 22.5 Å². The van der Waals surface area contributed by atoms with Gasteiger partial charge in [-0.1, -0.05) is 12.8 Å². The largest absolute Gasteiger partial charge is 0.389 e. The molecule has 0 bridgehead atoms. The number of amides is 1. The van der Waals surface area contributed by atoms with Gasteiger partial charge in [0.1, 0.15) is 0 Å². The van der Waals surface area contributed by atoms with Crippen LogP contribution in [0.1, 0.15) is 32.1 Å². The lowest BCUT2D eigenvalue weighted by atomic mass is 9.97. The number of H-pyrrole nitrogens is 1. The molecule has 19 heavy (non-hydrogen) atoms. The van der Waals surface area contributed by atoms with Crippen LogP contribution in [0.5, 0.6) is 0 Å². The summed E-state index contributed by atoms with van der Waals surface area (Å²) in [6, 6.07) is 7.71. The Bertz CT molecular complexity index is 597. The van der Waals surface area contributed by atoms with Crippen molar-refractivity contribution in [2.45, 2.75) is 37.7 Å². The second-order valence-corrected chi connectivity index (χ2v) is 5.44. The highest BCUT2D eigenvalue weighted by atomic mass is 16.3. The van der Waals surface area contributed by atoms with Crippen LogP contribution in [0, 0.1) is 0 Å². The van der Waals surface area contributed by atoms with Crippen LogP contribution in [0.15, 0.2) is 30.5 Å². The molecule has 0 unspecified atom stereocenters. The molecule has 0 atom stereocenters. The number of hydrogen-bond acceptors (Lipinski definition) is 2. The van der Waals surface area contributed by atoms with Gasteiger partial charge in [-0.25, -0.2) is 0 Å². The molecule has 0 spiro atoms. The zero-order valence-electron chi connectivity index (χ0n) is 10.8. The van der Waals surface area contributed by atoms with E-state index in [4.69, 9.17) is 0 Å². The number of nitrogens with one attached hydrogen (secondary N) is 2. The Balaban J connectivity index is 1.68. The third-order valence-corrected chi connectivity index (χ3v) is 3.86. The van der Waals surface area contributed by atoms with Gasteiger partial charge in [0.25, 0.3) is 0 Å². The van der Waals surface area contributed by atoms with Gasteiger partial charge in [-0.15, -0.1) is 0 Å². The number of carbonyl (C=O) groups excluding carboxylic acids is 1. The summed E-state index contributed by atoms with van der Waals surface area (Å²) in [7, 11) is 0. The Morgan fingerprint density at radius 3 is 2.89 bits per heavy atom. The fraction of sp³-hybridized carbons (Fsp3) is 0.400. The molecule has 1 aliphatic carbocycles. The first-order chi connectivity index (χ1) is 9.15. The number of carbonyl (C=O) groups is 1. The second kappa shape index (κ2) is 4.70. The second-order valence-electron chi connectivity index (χ2n) is 5.44. The van der Waals surface area contributed by atoms with E-state index in [1.54, 1.807) is 0 Å². The lowest BCUT2D eigenvalue weighted by Gasteiger charge is -2.21. The Morgan fingerprint density at radius 2 is 2.11 bits per heavy atom. The molecule has 100 valence electrons. The molecule has 2 aromatic rings. The highest BCUT2D eigenvalue weighted by molar-refractivity contribution is 5.94. The number of aliphatic hydroxyl groups is 1. The van der Waals surface area contributed by atoms with Crippen molar-refractivity contribution in [3.8, 4) is 0 Å². The molecule has 1 fully saturated rings. The predicted molar refractivity (Wildman–Crippen MR) is 75.0 cm³/mol. The fourth-order valence-corrected chi connectivity index (χ4v) is 2.84. The normalized spacial score (nSPS) is 17.7. The lowest BCUT2D eigenvalue weighted by molar-refractivity contribution is -0.120. The number of rotatable bonds is 3. The highest BCUT2D eigenvalue weighted by Crippen LogP contribution is 2.32. The molecule has 0 aliphatic heterocycles. The minimum atomic E-state index is -0.789. The molecule has 0 radical (unpaired) electrons. The van der Waals surface area contributed by atoms with E-state index in [9.17, 15) is 9.90 Å². The molecule has 0 saturated heterocycles. The van der Waals surface area contributed by atoms with Gasteiger partial charge in [0.2, 0.25) is 5.91 Å². The molecule has 3 rings (SSSR count). The molecule has 1 aromatic carbocycles. The predicted octanol–water partition coefficient (Wildman–Crippen LogP) is 2.80. The topological polar surface area (TPSA) is 65.1 Å². The zero-order chi connectivity index (χ0) is 13.3. The summed E-state index contributed by atoms with van der Waals surface area (Å²) >= 11 is 0. The molecule has 1 aliphatic rings. The highest BCUT2D eigenvalue weighted by Gasteiger charge is 2.33. The molecule has 4 nitrogen and oxygen atoms in total. The quantitative estimate of drug-likeness (QED) is 0.792. The van der Waals surface area contributed by atoms with Crippen LogP contribution in [0.3, 0.4) is 0 Å². The summed E-state index contributed by atoms with van der Waals surface area (Å²) in [6.45, 7) is 0. The number of anilines is 1. The molecule has 1 saturated carbocycles. The number of benzene rings is 1. The van der Waals surface area contributed by atoms with Crippen LogP contribution in [0.4, 0.5) is 5.69 Å². The third kappa shape index (κ3) is 2.63. The Morgan fingerprint density at radius 1 is 1.32 bits per heavy atom. The van der Waals surface area contributed by atoms with Gasteiger partial charge in [0.15, 0.2) is 0 Å². The van der Waals surface area contributed by atoms with Crippen molar-refractivity contribution < 1.29 is 9.90 Å². The van der Waals surface area contributed by atoms with E-state index in [2.05, 4.69) is 10.3 Å². The van der Waals surface area contributed by atoms with Gasteiger partial charge >= 0.3 is 0 Å². The fourth-order valence-electron chi connectivity index (χ4n) is 2.84. The summed E-state index contributed by atoms with van der Waals surface area (Å²) in [5.74, 6) is -0.112. The number of fused-ring (bicyclic) bond motifs is 1. The van der Waals surface area contributed by atoms with Crippen LogP contribution >= 0.6 is 0 Å². The molecule has 1 amide bonds. The van der Waals surface area contributed by atoms with Gasteiger partial charge in [-0.3, -0.25) is 4.79 Å². The summed E-state index contributed by atoms with van der Waals surface area (Å²) in [6.07, 6.45) is 5.56. The lowest BCUT2D eigenvalue weighted by Crippen LogP contribution is -2.30. The Hall–Kier alpha value is -1.81. The smallest absolute Gasteiger partial charge is 0.227 e. The van der Waals surface area contributed by atoms with Gasteiger partial charge < -0.3 is 15.4 Å².